The highest BCUT2D eigenvalue weighted by Gasteiger charge is 2.26. The fourth-order valence-corrected chi connectivity index (χ4v) is 4.57. The maximum Gasteiger partial charge on any atom is 0.223 e. The number of nitrogens with zero attached hydrogens (tertiary/aromatic N) is 2. The maximum atomic E-state index is 13.7. The quantitative estimate of drug-likeness (QED) is 0.732. The van der Waals surface area contributed by atoms with Gasteiger partial charge in [0.05, 0.1) is 10.2 Å². The number of rotatable bonds is 4. The Morgan fingerprint density at radius 2 is 2.04 bits per heavy atom. The molecule has 3 aromatic rings. The van der Waals surface area contributed by atoms with Gasteiger partial charge in [0.2, 0.25) is 5.91 Å². The first-order chi connectivity index (χ1) is 13.1. The predicted octanol–water partition coefficient (Wildman–Crippen LogP) is 4.28. The SMILES string of the molecule is Cc1ccc2nc(N3CCC(C(=O)NCc4ccccc4F)CC3)sc2c1. The minimum absolute atomic E-state index is 0.0119. The normalized spacial score (nSPS) is 15.3. The van der Waals surface area contributed by atoms with Crippen molar-refractivity contribution >= 4 is 32.6 Å². The van der Waals surface area contributed by atoms with Gasteiger partial charge in [-0.1, -0.05) is 35.6 Å². The summed E-state index contributed by atoms with van der Waals surface area (Å²) >= 11 is 1.71. The number of nitrogens with one attached hydrogen (secondary N) is 1. The number of thiazole rings is 1. The fourth-order valence-electron chi connectivity index (χ4n) is 3.46. The van der Waals surface area contributed by atoms with Crippen LogP contribution in [0.2, 0.25) is 0 Å². The first-order valence-electron chi connectivity index (χ1n) is 9.23. The Hall–Kier alpha value is -2.47. The molecule has 0 atom stereocenters. The Bertz CT molecular complexity index is 963. The third kappa shape index (κ3) is 3.95. The van der Waals surface area contributed by atoms with E-state index in [0.29, 0.717) is 5.56 Å². The van der Waals surface area contributed by atoms with Crippen molar-refractivity contribution in [1.82, 2.24) is 10.3 Å². The van der Waals surface area contributed by atoms with Crippen molar-refractivity contribution < 1.29 is 9.18 Å². The molecule has 1 aliphatic heterocycles. The summed E-state index contributed by atoms with van der Waals surface area (Å²) in [7, 11) is 0. The van der Waals surface area contributed by atoms with Crippen LogP contribution >= 0.6 is 11.3 Å². The largest absolute Gasteiger partial charge is 0.352 e. The summed E-state index contributed by atoms with van der Waals surface area (Å²) in [4.78, 5) is 19.4. The molecule has 1 amide bonds. The molecule has 0 unspecified atom stereocenters. The number of fused-ring (bicyclic) bond motifs is 1. The van der Waals surface area contributed by atoms with E-state index >= 15 is 0 Å². The van der Waals surface area contributed by atoms with Crippen LogP contribution in [0.1, 0.15) is 24.0 Å². The van der Waals surface area contributed by atoms with Gasteiger partial charge in [0.25, 0.3) is 0 Å². The van der Waals surface area contributed by atoms with Gasteiger partial charge in [-0.05, 0) is 43.5 Å². The average molecular weight is 383 g/mol. The van der Waals surface area contributed by atoms with E-state index < -0.39 is 0 Å². The van der Waals surface area contributed by atoms with Gasteiger partial charge in [0.15, 0.2) is 5.13 Å². The summed E-state index contributed by atoms with van der Waals surface area (Å²) in [6.07, 6.45) is 1.58. The molecule has 6 heteroatoms. The first-order valence-corrected chi connectivity index (χ1v) is 10.0. The van der Waals surface area contributed by atoms with Crippen LogP contribution < -0.4 is 10.2 Å². The van der Waals surface area contributed by atoms with E-state index in [4.69, 9.17) is 4.98 Å². The highest BCUT2D eigenvalue weighted by Crippen LogP contribution is 2.32. The smallest absolute Gasteiger partial charge is 0.223 e. The van der Waals surface area contributed by atoms with E-state index in [2.05, 4.69) is 35.3 Å². The Balaban J connectivity index is 1.34. The maximum absolute atomic E-state index is 13.7. The molecular weight excluding hydrogens is 361 g/mol. The van der Waals surface area contributed by atoms with E-state index in [1.54, 1.807) is 29.5 Å². The lowest BCUT2D eigenvalue weighted by molar-refractivity contribution is -0.125. The molecule has 0 radical (unpaired) electrons. The van der Waals surface area contributed by atoms with Crippen molar-refractivity contribution in [3.8, 4) is 0 Å². The number of aryl methyl sites for hydroxylation is 1. The molecule has 0 spiro atoms. The van der Waals surface area contributed by atoms with Crippen molar-refractivity contribution in [2.75, 3.05) is 18.0 Å². The van der Waals surface area contributed by atoms with Crippen LogP contribution in [0.4, 0.5) is 9.52 Å². The molecule has 4 nitrogen and oxygen atoms in total. The number of anilines is 1. The Morgan fingerprint density at radius 1 is 1.26 bits per heavy atom. The lowest BCUT2D eigenvalue weighted by Crippen LogP contribution is -2.40. The summed E-state index contributed by atoms with van der Waals surface area (Å²) in [6, 6.07) is 12.9. The zero-order valence-corrected chi connectivity index (χ0v) is 16.1. The molecule has 1 N–H and O–H groups in total. The molecule has 0 bridgehead atoms. The second kappa shape index (κ2) is 7.64. The molecule has 1 aromatic heterocycles. The van der Waals surface area contributed by atoms with E-state index in [9.17, 15) is 9.18 Å². The molecule has 1 fully saturated rings. The van der Waals surface area contributed by atoms with Gasteiger partial charge in [0, 0.05) is 31.1 Å². The van der Waals surface area contributed by atoms with Crippen molar-refractivity contribution in [3.05, 3.63) is 59.4 Å². The van der Waals surface area contributed by atoms with Crippen molar-refractivity contribution in [3.63, 3.8) is 0 Å². The molecule has 0 aliphatic carbocycles. The van der Waals surface area contributed by atoms with Gasteiger partial charge in [-0.2, -0.15) is 0 Å². The number of aromatic nitrogens is 1. The van der Waals surface area contributed by atoms with Crippen LogP contribution in [0.15, 0.2) is 42.5 Å². The fraction of sp³-hybridized carbons (Fsp3) is 0.333. The minimum Gasteiger partial charge on any atom is -0.352 e. The van der Waals surface area contributed by atoms with E-state index in [0.717, 1.165) is 36.6 Å². The molecule has 140 valence electrons. The van der Waals surface area contributed by atoms with Crippen molar-refractivity contribution in [2.45, 2.75) is 26.3 Å². The summed E-state index contributed by atoms with van der Waals surface area (Å²) in [6.45, 7) is 3.96. The third-order valence-corrected chi connectivity index (χ3v) is 6.16. The number of carbonyl (C=O) groups excluding carboxylic acids is 1. The van der Waals surface area contributed by atoms with Crippen LogP contribution in [-0.4, -0.2) is 24.0 Å². The van der Waals surface area contributed by atoms with Gasteiger partial charge in [-0.15, -0.1) is 0 Å². The summed E-state index contributed by atoms with van der Waals surface area (Å²) in [5.74, 6) is -0.291. The van der Waals surface area contributed by atoms with Crippen LogP contribution in [0.3, 0.4) is 0 Å². The molecule has 2 aromatic carbocycles. The number of carbonyl (C=O) groups is 1. The summed E-state index contributed by atoms with van der Waals surface area (Å²) in [5, 5.41) is 3.91. The molecular formula is C21H22FN3OS. The Labute approximate surface area is 162 Å². The van der Waals surface area contributed by atoms with E-state index in [1.807, 2.05) is 0 Å². The summed E-state index contributed by atoms with van der Waals surface area (Å²) < 4.78 is 14.9. The molecule has 27 heavy (non-hydrogen) atoms. The number of halogens is 1. The lowest BCUT2D eigenvalue weighted by Gasteiger charge is -2.31. The monoisotopic (exact) mass is 383 g/mol. The first kappa shape index (κ1) is 17.9. The van der Waals surface area contributed by atoms with Gasteiger partial charge >= 0.3 is 0 Å². The standard InChI is InChI=1S/C21H22FN3OS/c1-14-6-7-18-19(12-14)27-21(24-18)25-10-8-15(9-11-25)20(26)23-13-16-4-2-3-5-17(16)22/h2-7,12,15H,8-11,13H2,1H3,(H,23,26). The van der Waals surface area contributed by atoms with E-state index in [1.165, 1.54) is 16.3 Å². The second-order valence-electron chi connectivity index (χ2n) is 7.04. The molecule has 1 saturated heterocycles. The van der Waals surface area contributed by atoms with Crippen LogP contribution in [-0.2, 0) is 11.3 Å². The van der Waals surface area contributed by atoms with Crippen LogP contribution in [0, 0.1) is 18.7 Å². The number of benzene rings is 2. The zero-order chi connectivity index (χ0) is 18.8. The highest BCUT2D eigenvalue weighted by molar-refractivity contribution is 7.22. The predicted molar refractivity (Wildman–Crippen MR) is 108 cm³/mol. The molecule has 1 aliphatic rings. The minimum atomic E-state index is -0.279. The lowest BCUT2D eigenvalue weighted by atomic mass is 9.96. The molecule has 0 saturated carbocycles. The van der Waals surface area contributed by atoms with Gasteiger partial charge in [-0.25, -0.2) is 9.37 Å². The number of hydrogen-bond acceptors (Lipinski definition) is 4. The Morgan fingerprint density at radius 3 is 2.81 bits per heavy atom. The zero-order valence-electron chi connectivity index (χ0n) is 15.2. The Kier molecular flexibility index (Phi) is 5.07. The summed E-state index contributed by atoms with van der Waals surface area (Å²) in [5.41, 5.74) is 2.79. The van der Waals surface area contributed by atoms with E-state index in [-0.39, 0.29) is 24.2 Å². The molecule has 2 heterocycles. The van der Waals surface area contributed by atoms with Crippen LogP contribution in [0.25, 0.3) is 10.2 Å². The van der Waals surface area contributed by atoms with Crippen molar-refractivity contribution in [1.29, 1.82) is 0 Å². The average Bonchev–Trinajstić information content (AvgIpc) is 3.10. The van der Waals surface area contributed by atoms with Gasteiger partial charge in [0.1, 0.15) is 5.82 Å². The van der Waals surface area contributed by atoms with Gasteiger partial charge in [-0.3, -0.25) is 4.79 Å². The van der Waals surface area contributed by atoms with Gasteiger partial charge < -0.3 is 10.2 Å². The molecule has 4 rings (SSSR count). The van der Waals surface area contributed by atoms with Crippen molar-refractivity contribution in [2.24, 2.45) is 5.92 Å². The highest BCUT2D eigenvalue weighted by atomic mass is 32.1. The third-order valence-electron chi connectivity index (χ3n) is 5.08. The second-order valence-corrected chi connectivity index (χ2v) is 8.05. The number of amides is 1. The number of piperidine rings is 1. The topological polar surface area (TPSA) is 45.2 Å². The van der Waals surface area contributed by atoms with Crippen LogP contribution in [0.5, 0.6) is 0 Å². The number of hydrogen-bond donors (Lipinski definition) is 1.